The Morgan fingerprint density at radius 1 is 1.00 bits per heavy atom. The van der Waals surface area contributed by atoms with E-state index in [9.17, 15) is 9.59 Å². The molecule has 146 valence electrons. The zero-order chi connectivity index (χ0) is 20.8. The molecule has 0 aliphatic heterocycles. The van der Waals surface area contributed by atoms with Crippen LogP contribution < -0.4 is 10.2 Å². The van der Waals surface area contributed by atoms with E-state index in [2.05, 4.69) is 26.5 Å². The van der Waals surface area contributed by atoms with Gasteiger partial charge in [0.2, 0.25) is 0 Å². The van der Waals surface area contributed by atoms with Crippen LogP contribution in [0.4, 0.5) is 0 Å². The van der Waals surface area contributed by atoms with E-state index >= 15 is 0 Å². The van der Waals surface area contributed by atoms with Gasteiger partial charge in [0.25, 0.3) is 5.91 Å². The molecule has 0 bridgehead atoms. The van der Waals surface area contributed by atoms with Gasteiger partial charge in [-0.05, 0) is 61.5 Å². The van der Waals surface area contributed by atoms with Crippen molar-refractivity contribution < 1.29 is 14.3 Å². The number of rotatable bonds is 5. The van der Waals surface area contributed by atoms with Crippen LogP contribution in [0.5, 0.6) is 5.75 Å². The third-order valence-corrected chi connectivity index (χ3v) is 4.68. The highest BCUT2D eigenvalue weighted by atomic mass is 79.9. The van der Waals surface area contributed by atoms with E-state index in [-0.39, 0.29) is 5.91 Å². The molecule has 0 aliphatic rings. The Kier molecular flexibility index (Phi) is 6.80. The van der Waals surface area contributed by atoms with E-state index < -0.39 is 5.97 Å². The summed E-state index contributed by atoms with van der Waals surface area (Å²) < 4.78 is 6.25. The van der Waals surface area contributed by atoms with E-state index in [0.29, 0.717) is 27.5 Å². The molecule has 0 spiro atoms. The molecule has 5 nitrogen and oxygen atoms in total. The lowest BCUT2D eigenvalue weighted by Gasteiger charge is -2.08. The molecule has 0 aromatic heterocycles. The first-order valence-corrected chi connectivity index (χ1v) is 9.77. The first kappa shape index (κ1) is 20.8. The zero-order valence-electron chi connectivity index (χ0n) is 15.4. The summed E-state index contributed by atoms with van der Waals surface area (Å²) in [5.74, 6) is -0.556. The van der Waals surface area contributed by atoms with Crippen molar-refractivity contribution in [2.24, 2.45) is 5.10 Å². The summed E-state index contributed by atoms with van der Waals surface area (Å²) in [6.07, 6.45) is 1.42. The molecule has 3 aromatic rings. The second kappa shape index (κ2) is 9.49. The summed E-state index contributed by atoms with van der Waals surface area (Å²) in [6.45, 7) is 1.94. The molecular formula is C22H16BrClN2O3. The van der Waals surface area contributed by atoms with Crippen LogP contribution in [0.2, 0.25) is 5.02 Å². The average Bonchev–Trinajstić information content (AvgIpc) is 2.70. The number of esters is 1. The highest BCUT2D eigenvalue weighted by molar-refractivity contribution is 9.10. The number of ether oxygens (including phenoxy) is 1. The monoisotopic (exact) mass is 470 g/mol. The minimum atomic E-state index is -0.526. The van der Waals surface area contributed by atoms with Crippen LogP contribution in [0.25, 0.3) is 0 Å². The van der Waals surface area contributed by atoms with Crippen LogP contribution in [0.3, 0.4) is 0 Å². The quantitative estimate of drug-likeness (QED) is 0.235. The molecule has 0 saturated carbocycles. The van der Waals surface area contributed by atoms with Crippen LogP contribution in [0.15, 0.2) is 76.3 Å². The van der Waals surface area contributed by atoms with Gasteiger partial charge in [-0.15, -0.1) is 0 Å². The number of hydrazone groups is 1. The van der Waals surface area contributed by atoms with Crippen molar-refractivity contribution in [3.8, 4) is 5.75 Å². The fourth-order valence-electron chi connectivity index (χ4n) is 2.39. The van der Waals surface area contributed by atoms with E-state index in [4.69, 9.17) is 16.3 Å². The molecule has 0 unspecified atom stereocenters. The normalized spacial score (nSPS) is 10.7. The number of hydrogen-bond acceptors (Lipinski definition) is 4. The van der Waals surface area contributed by atoms with Crippen LogP contribution in [0, 0.1) is 6.92 Å². The lowest BCUT2D eigenvalue weighted by Crippen LogP contribution is -2.17. The summed E-state index contributed by atoms with van der Waals surface area (Å²) in [5, 5.41) is 4.51. The standard InChI is InChI=1S/C22H16BrClN2O3/c1-14-2-4-15(5-3-14)21(27)26-25-13-17-12-18(23)8-11-20(17)29-22(28)16-6-9-19(24)10-7-16/h2-13H,1H3,(H,26,27). The number of nitrogens with one attached hydrogen (secondary N) is 1. The molecule has 29 heavy (non-hydrogen) atoms. The second-order valence-corrected chi connectivity index (χ2v) is 7.50. The van der Waals surface area contributed by atoms with Gasteiger partial charge in [0.15, 0.2) is 0 Å². The smallest absolute Gasteiger partial charge is 0.343 e. The molecule has 0 heterocycles. The maximum absolute atomic E-state index is 12.4. The molecule has 0 fully saturated rings. The number of carbonyl (C=O) groups is 2. The summed E-state index contributed by atoms with van der Waals surface area (Å²) >= 11 is 9.22. The molecule has 0 radical (unpaired) electrons. The molecule has 0 atom stereocenters. The van der Waals surface area contributed by atoms with Gasteiger partial charge in [-0.25, -0.2) is 10.2 Å². The molecule has 7 heteroatoms. The van der Waals surface area contributed by atoms with Crippen molar-refractivity contribution in [2.45, 2.75) is 6.92 Å². The number of amides is 1. The Morgan fingerprint density at radius 2 is 1.66 bits per heavy atom. The van der Waals surface area contributed by atoms with Crippen molar-refractivity contribution in [3.05, 3.63) is 98.5 Å². The Bertz CT molecular complexity index is 1060. The predicted octanol–water partition coefficient (Wildman–Crippen LogP) is 5.39. The fraction of sp³-hybridized carbons (Fsp3) is 0.0455. The molecule has 0 aliphatic carbocycles. The van der Waals surface area contributed by atoms with Gasteiger partial charge in [-0.1, -0.05) is 45.2 Å². The van der Waals surface area contributed by atoms with Crippen molar-refractivity contribution in [1.29, 1.82) is 0 Å². The summed E-state index contributed by atoms with van der Waals surface area (Å²) in [7, 11) is 0. The van der Waals surface area contributed by atoms with Crippen molar-refractivity contribution in [3.63, 3.8) is 0 Å². The Labute approximate surface area is 181 Å². The molecule has 3 rings (SSSR count). The summed E-state index contributed by atoms with van der Waals surface area (Å²) in [6, 6.07) is 18.6. The maximum atomic E-state index is 12.4. The fourth-order valence-corrected chi connectivity index (χ4v) is 2.89. The van der Waals surface area contributed by atoms with Gasteiger partial charge >= 0.3 is 5.97 Å². The van der Waals surface area contributed by atoms with E-state index in [1.54, 1.807) is 54.6 Å². The van der Waals surface area contributed by atoms with Crippen molar-refractivity contribution >= 4 is 45.6 Å². The highest BCUT2D eigenvalue weighted by Gasteiger charge is 2.12. The molecule has 3 aromatic carbocycles. The van der Waals surface area contributed by atoms with Crippen LogP contribution in [-0.4, -0.2) is 18.1 Å². The van der Waals surface area contributed by atoms with E-state index in [0.717, 1.165) is 10.0 Å². The molecular weight excluding hydrogens is 456 g/mol. The third kappa shape index (κ3) is 5.76. The van der Waals surface area contributed by atoms with Gasteiger partial charge in [-0.3, -0.25) is 4.79 Å². The number of benzene rings is 3. The molecule has 1 amide bonds. The third-order valence-electron chi connectivity index (χ3n) is 3.94. The molecule has 1 N–H and O–H groups in total. The SMILES string of the molecule is Cc1ccc(C(=O)NN=Cc2cc(Br)ccc2OC(=O)c2ccc(Cl)cc2)cc1. The van der Waals surface area contributed by atoms with E-state index in [1.807, 2.05) is 19.1 Å². The number of hydrogen-bond donors (Lipinski definition) is 1. The van der Waals surface area contributed by atoms with Crippen LogP contribution >= 0.6 is 27.5 Å². The Morgan fingerprint density at radius 3 is 2.34 bits per heavy atom. The number of halogens is 2. The van der Waals surface area contributed by atoms with Gasteiger partial charge in [0.1, 0.15) is 5.75 Å². The van der Waals surface area contributed by atoms with Gasteiger partial charge in [0.05, 0.1) is 11.8 Å². The largest absolute Gasteiger partial charge is 0.422 e. The summed E-state index contributed by atoms with van der Waals surface area (Å²) in [5.41, 5.74) is 4.91. The highest BCUT2D eigenvalue weighted by Crippen LogP contribution is 2.23. The van der Waals surface area contributed by atoms with Gasteiger partial charge in [-0.2, -0.15) is 5.10 Å². The topological polar surface area (TPSA) is 67.8 Å². The number of carbonyl (C=O) groups excluding carboxylic acids is 2. The lowest BCUT2D eigenvalue weighted by atomic mass is 10.1. The predicted molar refractivity (Wildman–Crippen MR) is 117 cm³/mol. The minimum absolute atomic E-state index is 0.307. The Balaban J connectivity index is 1.73. The number of aryl methyl sites for hydroxylation is 1. The van der Waals surface area contributed by atoms with Crippen molar-refractivity contribution in [1.82, 2.24) is 5.43 Å². The zero-order valence-corrected chi connectivity index (χ0v) is 17.7. The van der Waals surface area contributed by atoms with Crippen LogP contribution in [0.1, 0.15) is 31.8 Å². The lowest BCUT2D eigenvalue weighted by molar-refractivity contribution is 0.0734. The minimum Gasteiger partial charge on any atom is -0.422 e. The van der Waals surface area contributed by atoms with E-state index in [1.165, 1.54) is 6.21 Å². The maximum Gasteiger partial charge on any atom is 0.343 e. The Hall–Kier alpha value is -2.96. The van der Waals surface area contributed by atoms with Crippen LogP contribution in [-0.2, 0) is 0 Å². The average molecular weight is 472 g/mol. The van der Waals surface area contributed by atoms with Crippen molar-refractivity contribution in [2.75, 3.05) is 0 Å². The first-order valence-electron chi connectivity index (χ1n) is 8.60. The summed E-state index contributed by atoms with van der Waals surface area (Å²) in [4.78, 5) is 24.5. The van der Waals surface area contributed by atoms with Gasteiger partial charge in [0, 0.05) is 20.6 Å². The molecule has 0 saturated heterocycles. The first-order chi connectivity index (χ1) is 13.9. The number of nitrogens with zero attached hydrogens (tertiary/aromatic N) is 1. The second-order valence-electron chi connectivity index (χ2n) is 6.14. The van der Waals surface area contributed by atoms with Gasteiger partial charge < -0.3 is 4.74 Å².